The Labute approximate surface area is 119 Å². The zero-order valence-electron chi connectivity index (χ0n) is 10.5. The quantitative estimate of drug-likeness (QED) is 0.625. The molecule has 0 bridgehead atoms. The average Bonchev–Trinajstić information content (AvgIpc) is 2.20. The number of ether oxygens (including phenoxy) is 1. The molecule has 0 aliphatic carbocycles. The van der Waals surface area contributed by atoms with Gasteiger partial charge in [-0.15, -0.1) is 0 Å². The molecule has 6 heteroatoms. The number of nitrogen functional groups attached to an aromatic ring is 1. The molecule has 0 saturated heterocycles. The van der Waals surface area contributed by atoms with Crippen LogP contribution in [0, 0.1) is 9.39 Å². The summed E-state index contributed by atoms with van der Waals surface area (Å²) in [6.07, 6.45) is -0.533. The second-order valence-electron chi connectivity index (χ2n) is 4.83. The molecule has 1 aromatic rings. The van der Waals surface area contributed by atoms with Gasteiger partial charge in [-0.2, -0.15) is 0 Å². The van der Waals surface area contributed by atoms with Gasteiger partial charge in [0, 0.05) is 10.1 Å². The SMILES string of the molecule is CC(C)(C)OC(=O)NCc1cc(F)c(N)c(I)c1. The minimum absolute atomic E-state index is 0.122. The van der Waals surface area contributed by atoms with Crippen molar-refractivity contribution in [2.24, 2.45) is 0 Å². The molecular weight excluding hydrogens is 350 g/mol. The Balaban J connectivity index is 2.62. The lowest BCUT2D eigenvalue weighted by Crippen LogP contribution is -2.32. The van der Waals surface area contributed by atoms with Gasteiger partial charge < -0.3 is 15.8 Å². The van der Waals surface area contributed by atoms with Crippen molar-refractivity contribution in [2.45, 2.75) is 32.9 Å². The van der Waals surface area contributed by atoms with E-state index in [1.54, 1.807) is 26.8 Å². The maximum atomic E-state index is 13.4. The Morgan fingerprint density at radius 2 is 2.11 bits per heavy atom. The van der Waals surface area contributed by atoms with E-state index in [-0.39, 0.29) is 12.2 Å². The summed E-state index contributed by atoms with van der Waals surface area (Å²) in [6.45, 7) is 5.53. The first-order chi connectivity index (χ1) is 8.19. The van der Waals surface area contributed by atoms with Crippen LogP contribution in [-0.4, -0.2) is 11.7 Å². The highest BCUT2D eigenvalue weighted by molar-refractivity contribution is 14.1. The van der Waals surface area contributed by atoms with E-state index in [0.29, 0.717) is 9.13 Å². The monoisotopic (exact) mass is 366 g/mol. The molecular formula is C12H16FIN2O2. The van der Waals surface area contributed by atoms with Gasteiger partial charge in [-0.1, -0.05) is 0 Å². The summed E-state index contributed by atoms with van der Waals surface area (Å²) < 4.78 is 19.1. The van der Waals surface area contributed by atoms with Crippen LogP contribution >= 0.6 is 22.6 Å². The second-order valence-corrected chi connectivity index (χ2v) is 5.99. The minimum atomic E-state index is -0.551. The normalized spacial score (nSPS) is 11.2. The van der Waals surface area contributed by atoms with Crippen LogP contribution in [-0.2, 0) is 11.3 Å². The molecule has 0 atom stereocenters. The Hall–Kier alpha value is -1.05. The van der Waals surface area contributed by atoms with Gasteiger partial charge in [0.15, 0.2) is 0 Å². The van der Waals surface area contributed by atoms with Gasteiger partial charge in [-0.25, -0.2) is 9.18 Å². The van der Waals surface area contributed by atoms with E-state index in [2.05, 4.69) is 5.32 Å². The van der Waals surface area contributed by atoms with Gasteiger partial charge in [-0.3, -0.25) is 0 Å². The van der Waals surface area contributed by atoms with Gasteiger partial charge in [-0.05, 0) is 61.1 Å². The number of alkyl carbamates (subject to hydrolysis) is 1. The molecule has 4 nitrogen and oxygen atoms in total. The van der Waals surface area contributed by atoms with Crippen LogP contribution in [0.15, 0.2) is 12.1 Å². The van der Waals surface area contributed by atoms with E-state index < -0.39 is 17.5 Å². The van der Waals surface area contributed by atoms with Crippen molar-refractivity contribution in [1.82, 2.24) is 5.32 Å². The van der Waals surface area contributed by atoms with E-state index in [9.17, 15) is 9.18 Å². The Morgan fingerprint density at radius 1 is 1.50 bits per heavy atom. The fraction of sp³-hybridized carbons (Fsp3) is 0.417. The molecule has 0 radical (unpaired) electrons. The number of hydrogen-bond acceptors (Lipinski definition) is 3. The molecule has 0 aliphatic heterocycles. The van der Waals surface area contributed by atoms with Crippen molar-refractivity contribution in [3.05, 3.63) is 27.1 Å². The van der Waals surface area contributed by atoms with Crippen LogP contribution in [0.5, 0.6) is 0 Å². The molecule has 0 unspecified atom stereocenters. The molecule has 0 fully saturated rings. The summed E-state index contributed by atoms with van der Waals surface area (Å²) in [6, 6.07) is 3.02. The highest BCUT2D eigenvalue weighted by atomic mass is 127. The maximum Gasteiger partial charge on any atom is 0.407 e. The molecule has 1 aromatic carbocycles. The van der Waals surface area contributed by atoms with Gasteiger partial charge >= 0.3 is 6.09 Å². The predicted molar refractivity (Wildman–Crippen MR) is 76.6 cm³/mol. The Morgan fingerprint density at radius 3 is 2.61 bits per heavy atom. The van der Waals surface area contributed by atoms with Crippen molar-refractivity contribution in [2.75, 3.05) is 5.73 Å². The molecule has 1 rings (SSSR count). The lowest BCUT2D eigenvalue weighted by molar-refractivity contribution is 0.0523. The van der Waals surface area contributed by atoms with Crippen LogP contribution in [0.25, 0.3) is 0 Å². The number of anilines is 1. The number of carbonyl (C=O) groups is 1. The third kappa shape index (κ3) is 4.67. The molecule has 100 valence electrons. The van der Waals surface area contributed by atoms with E-state index in [0.717, 1.165) is 0 Å². The van der Waals surface area contributed by atoms with Gasteiger partial charge in [0.05, 0.1) is 5.69 Å². The largest absolute Gasteiger partial charge is 0.444 e. The van der Waals surface area contributed by atoms with Crippen molar-refractivity contribution in [3.63, 3.8) is 0 Å². The number of benzene rings is 1. The van der Waals surface area contributed by atoms with Gasteiger partial charge in [0.1, 0.15) is 11.4 Å². The number of nitrogens with one attached hydrogen (secondary N) is 1. The standard InChI is InChI=1S/C12H16FIN2O2/c1-12(2,3)18-11(17)16-6-7-4-8(13)10(15)9(14)5-7/h4-5H,6,15H2,1-3H3,(H,16,17). The van der Waals surface area contributed by atoms with Crippen LogP contribution in [0.4, 0.5) is 14.9 Å². The summed E-state index contributed by atoms with van der Waals surface area (Å²) in [4.78, 5) is 11.4. The first-order valence-corrected chi connectivity index (χ1v) is 6.47. The third-order valence-corrected chi connectivity index (χ3v) is 2.87. The molecule has 3 N–H and O–H groups in total. The van der Waals surface area contributed by atoms with E-state index >= 15 is 0 Å². The first-order valence-electron chi connectivity index (χ1n) is 5.39. The molecule has 0 spiro atoms. The number of nitrogens with two attached hydrogens (primary N) is 1. The molecule has 18 heavy (non-hydrogen) atoms. The molecule has 1 amide bonds. The lowest BCUT2D eigenvalue weighted by atomic mass is 10.2. The summed E-state index contributed by atoms with van der Waals surface area (Å²) in [5, 5.41) is 2.56. The van der Waals surface area contributed by atoms with Crippen molar-refractivity contribution in [1.29, 1.82) is 0 Å². The Bertz CT molecular complexity index is 435. The summed E-state index contributed by atoms with van der Waals surface area (Å²) in [5.41, 5.74) is 5.70. The van der Waals surface area contributed by atoms with Crippen LogP contribution < -0.4 is 11.1 Å². The summed E-state index contributed by atoms with van der Waals surface area (Å²) in [7, 11) is 0. The van der Waals surface area contributed by atoms with Crippen molar-refractivity contribution in [3.8, 4) is 0 Å². The number of hydrogen-bond donors (Lipinski definition) is 2. The smallest absolute Gasteiger partial charge is 0.407 e. The number of rotatable bonds is 2. The fourth-order valence-electron chi connectivity index (χ4n) is 1.23. The van der Waals surface area contributed by atoms with Crippen molar-refractivity contribution < 1.29 is 13.9 Å². The summed E-state index contributed by atoms with van der Waals surface area (Å²) in [5.74, 6) is -0.483. The zero-order chi connectivity index (χ0) is 13.9. The maximum absolute atomic E-state index is 13.4. The molecule has 0 heterocycles. The predicted octanol–water partition coefficient (Wildman–Crippen LogP) is 3.04. The highest BCUT2D eigenvalue weighted by Gasteiger charge is 2.16. The van der Waals surface area contributed by atoms with E-state index in [1.165, 1.54) is 6.07 Å². The van der Waals surface area contributed by atoms with Gasteiger partial charge in [0.2, 0.25) is 0 Å². The van der Waals surface area contributed by atoms with E-state index in [1.807, 2.05) is 22.6 Å². The number of amides is 1. The average molecular weight is 366 g/mol. The number of carbonyl (C=O) groups excluding carboxylic acids is 1. The minimum Gasteiger partial charge on any atom is -0.444 e. The molecule has 0 aliphatic rings. The van der Waals surface area contributed by atoms with E-state index in [4.69, 9.17) is 10.5 Å². The Kier molecular flexibility index (Phi) is 4.78. The highest BCUT2D eigenvalue weighted by Crippen LogP contribution is 2.20. The third-order valence-electron chi connectivity index (χ3n) is 1.97. The van der Waals surface area contributed by atoms with Crippen LogP contribution in [0.1, 0.15) is 26.3 Å². The second kappa shape index (κ2) is 5.73. The summed E-state index contributed by atoms with van der Waals surface area (Å²) >= 11 is 1.95. The topological polar surface area (TPSA) is 64.3 Å². The zero-order valence-corrected chi connectivity index (χ0v) is 12.7. The first kappa shape index (κ1) is 15.0. The molecule has 0 saturated carbocycles. The van der Waals surface area contributed by atoms with Crippen molar-refractivity contribution >= 4 is 34.4 Å². The number of halogens is 2. The fourth-order valence-corrected chi connectivity index (χ4v) is 1.88. The van der Waals surface area contributed by atoms with Crippen LogP contribution in [0.2, 0.25) is 0 Å². The van der Waals surface area contributed by atoms with Gasteiger partial charge in [0.25, 0.3) is 0 Å². The van der Waals surface area contributed by atoms with Crippen LogP contribution in [0.3, 0.4) is 0 Å². The lowest BCUT2D eigenvalue weighted by Gasteiger charge is -2.19. The molecule has 0 aromatic heterocycles.